The van der Waals surface area contributed by atoms with Gasteiger partial charge in [-0.05, 0) is 56.2 Å². The van der Waals surface area contributed by atoms with Crippen LogP contribution in [0, 0.1) is 11.3 Å². The topological polar surface area (TPSA) is 106 Å². The second-order valence-electron chi connectivity index (χ2n) is 11.0. The molecule has 3 aromatic heterocycles. The van der Waals surface area contributed by atoms with Crippen LogP contribution in [-0.4, -0.2) is 34.4 Å². The van der Waals surface area contributed by atoms with Crippen molar-refractivity contribution in [3.8, 4) is 11.4 Å². The summed E-state index contributed by atoms with van der Waals surface area (Å²) in [6.45, 7) is 3.89. The second-order valence-corrected chi connectivity index (χ2v) is 11.0. The lowest BCUT2D eigenvalue weighted by molar-refractivity contribution is -0.194. The van der Waals surface area contributed by atoms with Gasteiger partial charge in [0.2, 0.25) is 0 Å². The first kappa shape index (κ1) is 27.0. The van der Waals surface area contributed by atoms with E-state index >= 15 is 0 Å². The third kappa shape index (κ3) is 4.47. The van der Waals surface area contributed by atoms with Crippen molar-refractivity contribution in [2.75, 3.05) is 0 Å². The first-order chi connectivity index (χ1) is 19.5. The lowest BCUT2D eigenvalue weighted by atomic mass is 9.44. The molecule has 0 spiro atoms. The molecule has 0 atom stereocenters. The predicted molar refractivity (Wildman–Crippen MR) is 142 cm³/mol. The number of imidazole rings is 1. The number of hydrogen-bond donors (Lipinski definition) is 0. The van der Waals surface area contributed by atoms with Gasteiger partial charge in [-0.3, -0.25) is 28.0 Å². The van der Waals surface area contributed by atoms with Gasteiger partial charge in [0.15, 0.2) is 17.9 Å². The fourth-order valence-electron chi connectivity index (χ4n) is 5.95. The van der Waals surface area contributed by atoms with Crippen molar-refractivity contribution in [2.45, 2.75) is 72.1 Å². The fraction of sp³-hybridized carbons (Fsp3) is 0.464. The van der Waals surface area contributed by atoms with E-state index in [1.807, 2.05) is 6.92 Å². The summed E-state index contributed by atoms with van der Waals surface area (Å²) in [5, 5.41) is 4.31. The molecule has 0 saturated heterocycles. The Kier molecular flexibility index (Phi) is 6.42. The van der Waals surface area contributed by atoms with Crippen LogP contribution in [0.4, 0.5) is 13.2 Å². The number of esters is 1. The van der Waals surface area contributed by atoms with Crippen molar-refractivity contribution in [1.29, 1.82) is 0 Å². The summed E-state index contributed by atoms with van der Waals surface area (Å²) in [6, 6.07) is 4.99. The van der Waals surface area contributed by atoms with E-state index in [0.717, 1.165) is 36.0 Å². The monoisotopic (exact) mass is 570 g/mol. The van der Waals surface area contributed by atoms with E-state index in [-0.39, 0.29) is 49.3 Å². The van der Waals surface area contributed by atoms with Crippen LogP contribution in [0.25, 0.3) is 22.6 Å². The van der Waals surface area contributed by atoms with Crippen LogP contribution in [0.2, 0.25) is 0 Å². The molecule has 41 heavy (non-hydrogen) atoms. The number of halogens is 3. The summed E-state index contributed by atoms with van der Waals surface area (Å²) in [5.41, 5.74) is -1.06. The van der Waals surface area contributed by atoms with E-state index in [0.29, 0.717) is 23.5 Å². The van der Waals surface area contributed by atoms with Crippen LogP contribution in [0.5, 0.6) is 0 Å². The van der Waals surface area contributed by atoms with Gasteiger partial charge < -0.3 is 4.74 Å². The average molecular weight is 571 g/mol. The van der Waals surface area contributed by atoms with Crippen LogP contribution in [-0.2, 0) is 42.1 Å². The van der Waals surface area contributed by atoms with E-state index in [2.05, 4.69) is 10.1 Å². The molecule has 0 unspecified atom stereocenters. The summed E-state index contributed by atoms with van der Waals surface area (Å²) >= 11 is 0. The van der Waals surface area contributed by atoms with Crippen molar-refractivity contribution < 1.29 is 22.7 Å². The molecule has 0 amide bonds. The minimum absolute atomic E-state index is 0.0613. The normalized spacial score (nSPS) is 19.7. The number of rotatable bonds is 9. The van der Waals surface area contributed by atoms with Crippen molar-refractivity contribution in [3.63, 3.8) is 0 Å². The minimum atomic E-state index is -4.47. The largest absolute Gasteiger partial charge is 0.443 e. The molecule has 0 radical (unpaired) electrons. The van der Waals surface area contributed by atoms with Crippen LogP contribution >= 0.6 is 0 Å². The van der Waals surface area contributed by atoms with Crippen molar-refractivity contribution in [3.05, 3.63) is 68.6 Å². The second kappa shape index (κ2) is 9.74. The zero-order chi connectivity index (χ0) is 29.1. The molecule has 216 valence electrons. The summed E-state index contributed by atoms with van der Waals surface area (Å²) in [4.78, 5) is 44.3. The number of hydrogen-bond acceptors (Lipinski definition) is 6. The van der Waals surface area contributed by atoms with Gasteiger partial charge in [-0.1, -0.05) is 19.1 Å². The maximum Gasteiger partial charge on any atom is 0.416 e. The van der Waals surface area contributed by atoms with Gasteiger partial charge in [0.25, 0.3) is 5.56 Å². The standard InChI is InChI=1S/C28H29F3N6O4/c1-3-8-36-24(38)21-23(35(4-2)26(36)40)33-22(37(21)16-41-25(39)27-10-18(11-27)12-27)19-13-32-34(15-19)14-17-6-5-7-20(9-17)28(29,30)31/h5-7,9,13,15,18H,3-4,8,10-12,14,16H2,1-2H3. The molecular weight excluding hydrogens is 541 g/mol. The summed E-state index contributed by atoms with van der Waals surface area (Å²) in [5.74, 6) is 0.523. The van der Waals surface area contributed by atoms with Crippen molar-refractivity contribution in [1.82, 2.24) is 28.5 Å². The molecule has 3 saturated carbocycles. The Morgan fingerprint density at radius 1 is 1.12 bits per heavy atom. The molecule has 4 aromatic rings. The molecule has 3 aliphatic carbocycles. The Balaban J connectivity index is 1.41. The third-order valence-electron chi connectivity index (χ3n) is 8.16. The number of nitrogens with zero attached hydrogens (tertiary/aromatic N) is 6. The van der Waals surface area contributed by atoms with Gasteiger partial charge in [0, 0.05) is 19.3 Å². The number of carbonyl (C=O) groups excluding carboxylic acids is 1. The maximum atomic E-state index is 13.6. The summed E-state index contributed by atoms with van der Waals surface area (Å²) in [7, 11) is 0. The zero-order valence-corrected chi connectivity index (χ0v) is 22.6. The van der Waals surface area contributed by atoms with E-state index in [4.69, 9.17) is 4.74 Å². The maximum absolute atomic E-state index is 13.6. The van der Waals surface area contributed by atoms with E-state index in [1.54, 1.807) is 19.2 Å². The van der Waals surface area contributed by atoms with Crippen LogP contribution < -0.4 is 11.2 Å². The SMILES string of the molecule is CCCn1c(=O)c2c(nc(-c3cnn(Cc4cccc(C(F)(F)F)c4)c3)n2COC(=O)C23CC(C2)C3)n(CC)c1=O. The molecule has 0 N–H and O–H groups in total. The molecule has 3 fully saturated rings. The Morgan fingerprint density at radius 2 is 1.88 bits per heavy atom. The number of benzene rings is 1. The summed E-state index contributed by atoms with van der Waals surface area (Å²) < 4.78 is 50.8. The van der Waals surface area contributed by atoms with Crippen molar-refractivity contribution in [2.24, 2.45) is 11.3 Å². The number of ether oxygens (including phenoxy) is 1. The lowest BCUT2D eigenvalue weighted by Gasteiger charge is -2.59. The van der Waals surface area contributed by atoms with Gasteiger partial charge in [0.1, 0.15) is 5.82 Å². The molecule has 3 heterocycles. The zero-order valence-electron chi connectivity index (χ0n) is 22.6. The highest BCUT2D eigenvalue weighted by atomic mass is 19.4. The highest BCUT2D eigenvalue weighted by molar-refractivity contribution is 5.81. The Morgan fingerprint density at radius 3 is 2.51 bits per heavy atom. The smallest absolute Gasteiger partial charge is 0.416 e. The average Bonchev–Trinajstić information content (AvgIpc) is 3.48. The highest BCUT2D eigenvalue weighted by Crippen LogP contribution is 2.64. The first-order valence-electron chi connectivity index (χ1n) is 13.6. The lowest BCUT2D eigenvalue weighted by Crippen LogP contribution is -2.57. The number of carbonyl (C=O) groups is 1. The molecule has 3 aliphatic rings. The molecule has 10 nitrogen and oxygen atoms in total. The molecule has 2 bridgehead atoms. The predicted octanol–water partition coefficient (Wildman–Crippen LogP) is 4.02. The van der Waals surface area contributed by atoms with Gasteiger partial charge in [-0.15, -0.1) is 0 Å². The molecular formula is C28H29F3N6O4. The third-order valence-corrected chi connectivity index (χ3v) is 8.16. The Bertz CT molecular complexity index is 1760. The Labute approximate surface area is 232 Å². The van der Waals surface area contributed by atoms with Crippen LogP contribution in [0.3, 0.4) is 0 Å². The number of aromatic nitrogens is 6. The molecule has 1 aromatic carbocycles. The van der Waals surface area contributed by atoms with Crippen molar-refractivity contribution >= 4 is 17.1 Å². The summed E-state index contributed by atoms with van der Waals surface area (Å²) in [6.07, 6.45) is 1.60. The number of fused-ring (bicyclic) bond motifs is 1. The Hall–Kier alpha value is -4.16. The van der Waals surface area contributed by atoms with E-state index in [9.17, 15) is 27.6 Å². The van der Waals surface area contributed by atoms with Crippen LogP contribution in [0.1, 0.15) is 50.7 Å². The number of alkyl halides is 3. The fourth-order valence-corrected chi connectivity index (χ4v) is 5.95. The van der Waals surface area contributed by atoms with Gasteiger partial charge >= 0.3 is 17.8 Å². The molecule has 13 heteroatoms. The van der Waals surface area contributed by atoms with E-state index in [1.165, 1.54) is 26.1 Å². The van der Waals surface area contributed by atoms with E-state index < -0.39 is 28.4 Å². The number of aryl methyl sites for hydroxylation is 1. The quantitative estimate of drug-likeness (QED) is 0.282. The van der Waals surface area contributed by atoms with Gasteiger partial charge in [-0.2, -0.15) is 18.3 Å². The molecule has 0 aliphatic heterocycles. The highest BCUT2D eigenvalue weighted by Gasteiger charge is 2.62. The van der Waals surface area contributed by atoms with Crippen LogP contribution in [0.15, 0.2) is 46.2 Å². The first-order valence-corrected chi connectivity index (χ1v) is 13.6. The van der Waals surface area contributed by atoms with Gasteiger partial charge in [0.05, 0.1) is 29.3 Å². The molecule has 7 rings (SSSR count). The minimum Gasteiger partial charge on any atom is -0.443 e. The van der Waals surface area contributed by atoms with Gasteiger partial charge in [-0.25, -0.2) is 9.78 Å².